The summed E-state index contributed by atoms with van der Waals surface area (Å²) in [5, 5.41) is 4.59. The summed E-state index contributed by atoms with van der Waals surface area (Å²) in [6.45, 7) is 0.258. The van der Waals surface area contributed by atoms with Gasteiger partial charge in [0.15, 0.2) is 5.82 Å². The first-order chi connectivity index (χ1) is 13.2. The van der Waals surface area contributed by atoms with E-state index in [0.29, 0.717) is 28.7 Å². The largest absolute Gasteiger partial charge is 0.481 e. The summed E-state index contributed by atoms with van der Waals surface area (Å²) in [5.41, 5.74) is 2.51. The Morgan fingerprint density at radius 2 is 1.78 bits per heavy atom. The van der Waals surface area contributed by atoms with Crippen LogP contribution in [0.4, 0.5) is 4.39 Å². The molecule has 3 aromatic heterocycles. The van der Waals surface area contributed by atoms with Crippen LogP contribution in [0.5, 0.6) is 5.88 Å². The third-order valence-electron chi connectivity index (χ3n) is 4.05. The highest BCUT2D eigenvalue weighted by atomic mass is 19.1. The number of pyridine rings is 1. The van der Waals surface area contributed by atoms with Gasteiger partial charge in [-0.3, -0.25) is 4.68 Å². The van der Waals surface area contributed by atoms with Gasteiger partial charge in [-0.05, 0) is 24.3 Å². The van der Waals surface area contributed by atoms with Gasteiger partial charge in [0.1, 0.15) is 11.5 Å². The lowest BCUT2D eigenvalue weighted by Crippen LogP contribution is -2.06. The molecule has 0 unspecified atom stereocenters. The van der Waals surface area contributed by atoms with Crippen LogP contribution in [-0.4, -0.2) is 31.8 Å². The monoisotopic (exact) mass is 361 g/mol. The van der Waals surface area contributed by atoms with E-state index < -0.39 is 0 Å². The Labute approximate surface area is 155 Å². The summed E-state index contributed by atoms with van der Waals surface area (Å²) >= 11 is 0. The first-order valence-corrected chi connectivity index (χ1v) is 8.34. The van der Waals surface area contributed by atoms with Crippen molar-refractivity contribution in [2.45, 2.75) is 6.54 Å². The van der Waals surface area contributed by atoms with Crippen molar-refractivity contribution >= 4 is 0 Å². The molecule has 0 saturated heterocycles. The van der Waals surface area contributed by atoms with E-state index in [9.17, 15) is 4.39 Å². The third-order valence-corrected chi connectivity index (χ3v) is 4.05. The number of nitrogens with zero attached hydrogens (tertiary/aromatic N) is 5. The quantitative estimate of drug-likeness (QED) is 0.543. The smallest absolute Gasteiger partial charge is 0.213 e. The van der Waals surface area contributed by atoms with E-state index in [-0.39, 0.29) is 12.4 Å². The minimum atomic E-state index is -0.282. The number of rotatable bonds is 5. The van der Waals surface area contributed by atoms with Crippen molar-refractivity contribution in [3.63, 3.8) is 0 Å². The lowest BCUT2D eigenvalue weighted by molar-refractivity contribution is 0.398. The molecular formula is C20H16FN5O. The molecule has 6 nitrogen and oxygen atoms in total. The van der Waals surface area contributed by atoms with Crippen LogP contribution in [0.15, 0.2) is 67.0 Å². The molecule has 4 rings (SSSR count). The van der Waals surface area contributed by atoms with E-state index in [0.717, 1.165) is 5.69 Å². The van der Waals surface area contributed by atoms with Gasteiger partial charge in [-0.25, -0.2) is 19.3 Å². The number of methoxy groups -OCH3 is 1. The fourth-order valence-corrected chi connectivity index (χ4v) is 2.74. The average molecular weight is 361 g/mol. The number of aromatic nitrogens is 5. The number of hydrogen-bond acceptors (Lipinski definition) is 5. The van der Waals surface area contributed by atoms with Crippen LogP contribution in [-0.2, 0) is 6.54 Å². The first-order valence-electron chi connectivity index (χ1n) is 8.34. The molecule has 0 aliphatic carbocycles. The SMILES string of the molecule is COc1cccc(-c2cc(-c3ncccn3)nn2Cc2ccccc2F)n1. The van der Waals surface area contributed by atoms with Gasteiger partial charge >= 0.3 is 0 Å². The molecule has 27 heavy (non-hydrogen) atoms. The molecular weight excluding hydrogens is 345 g/mol. The predicted octanol–water partition coefficient (Wildman–Crippen LogP) is 3.60. The maximum absolute atomic E-state index is 14.2. The Morgan fingerprint density at radius 1 is 0.963 bits per heavy atom. The summed E-state index contributed by atoms with van der Waals surface area (Å²) in [7, 11) is 1.56. The van der Waals surface area contributed by atoms with Crippen molar-refractivity contribution in [3.05, 3.63) is 78.4 Å². The second-order valence-electron chi connectivity index (χ2n) is 5.80. The molecule has 4 aromatic rings. The summed E-state index contributed by atoms with van der Waals surface area (Å²) < 4.78 is 21.1. The molecule has 134 valence electrons. The minimum absolute atomic E-state index is 0.258. The highest BCUT2D eigenvalue weighted by Gasteiger charge is 2.16. The zero-order valence-electron chi connectivity index (χ0n) is 14.6. The van der Waals surface area contributed by atoms with Crippen molar-refractivity contribution in [1.82, 2.24) is 24.7 Å². The zero-order valence-corrected chi connectivity index (χ0v) is 14.6. The molecule has 0 aliphatic heterocycles. The van der Waals surface area contributed by atoms with Gasteiger partial charge in [0.05, 0.1) is 25.0 Å². The van der Waals surface area contributed by atoms with Crippen LogP contribution in [0.2, 0.25) is 0 Å². The number of hydrogen-bond donors (Lipinski definition) is 0. The highest BCUT2D eigenvalue weighted by molar-refractivity contribution is 5.63. The Hall–Kier alpha value is -3.61. The maximum atomic E-state index is 14.2. The molecule has 0 spiro atoms. The van der Waals surface area contributed by atoms with Crippen molar-refractivity contribution in [3.8, 4) is 28.8 Å². The Balaban J connectivity index is 1.82. The maximum Gasteiger partial charge on any atom is 0.213 e. The molecule has 0 fully saturated rings. The molecule has 0 aliphatic rings. The van der Waals surface area contributed by atoms with Gasteiger partial charge in [-0.2, -0.15) is 5.10 Å². The molecule has 0 saturated carbocycles. The van der Waals surface area contributed by atoms with E-state index in [1.54, 1.807) is 54.5 Å². The topological polar surface area (TPSA) is 65.7 Å². The standard InChI is InChI=1S/C20H16FN5O/c1-27-19-9-4-8-16(24-19)18-12-17(20-22-10-5-11-23-20)25-26(18)13-14-6-2-3-7-15(14)21/h2-12H,13H2,1H3. The number of ether oxygens (including phenoxy) is 1. The summed E-state index contributed by atoms with van der Waals surface area (Å²) in [4.78, 5) is 13.0. The van der Waals surface area contributed by atoms with E-state index in [4.69, 9.17) is 4.74 Å². The molecule has 1 aromatic carbocycles. The van der Waals surface area contributed by atoms with Crippen molar-refractivity contribution in [2.75, 3.05) is 7.11 Å². The van der Waals surface area contributed by atoms with Gasteiger partial charge in [-0.15, -0.1) is 0 Å². The first kappa shape index (κ1) is 16.8. The Kier molecular flexibility index (Phi) is 4.57. The van der Waals surface area contributed by atoms with Gasteiger partial charge in [0, 0.05) is 24.0 Å². The van der Waals surface area contributed by atoms with Crippen LogP contribution in [0.1, 0.15) is 5.56 Å². The summed E-state index contributed by atoms with van der Waals surface area (Å²) in [5.74, 6) is 0.702. The third kappa shape index (κ3) is 3.52. The minimum Gasteiger partial charge on any atom is -0.481 e. The van der Waals surface area contributed by atoms with Gasteiger partial charge in [0.2, 0.25) is 5.88 Å². The predicted molar refractivity (Wildman–Crippen MR) is 98.5 cm³/mol. The normalized spacial score (nSPS) is 10.7. The van der Waals surface area contributed by atoms with Gasteiger partial charge < -0.3 is 4.74 Å². The molecule has 0 N–H and O–H groups in total. The van der Waals surface area contributed by atoms with Gasteiger partial charge in [0.25, 0.3) is 0 Å². The van der Waals surface area contributed by atoms with E-state index in [1.165, 1.54) is 6.07 Å². The second kappa shape index (κ2) is 7.33. The van der Waals surface area contributed by atoms with Gasteiger partial charge in [-0.1, -0.05) is 24.3 Å². The van der Waals surface area contributed by atoms with Crippen molar-refractivity contribution in [2.24, 2.45) is 0 Å². The number of benzene rings is 1. The fraction of sp³-hybridized carbons (Fsp3) is 0.100. The Bertz CT molecular complexity index is 1060. The summed E-state index contributed by atoms with van der Waals surface area (Å²) in [6.07, 6.45) is 3.31. The molecule has 0 bridgehead atoms. The van der Waals surface area contributed by atoms with E-state index in [1.807, 2.05) is 18.2 Å². The van der Waals surface area contributed by atoms with Crippen molar-refractivity contribution in [1.29, 1.82) is 0 Å². The fourth-order valence-electron chi connectivity index (χ4n) is 2.74. The lowest BCUT2D eigenvalue weighted by Gasteiger charge is -2.09. The molecule has 0 amide bonds. The van der Waals surface area contributed by atoms with Crippen LogP contribution in [0.3, 0.4) is 0 Å². The Morgan fingerprint density at radius 3 is 2.56 bits per heavy atom. The highest BCUT2D eigenvalue weighted by Crippen LogP contribution is 2.25. The summed E-state index contributed by atoms with van der Waals surface area (Å²) in [6, 6.07) is 15.7. The molecule has 3 heterocycles. The molecule has 0 radical (unpaired) electrons. The van der Waals surface area contributed by atoms with Crippen LogP contribution in [0.25, 0.3) is 22.9 Å². The molecule has 7 heteroatoms. The van der Waals surface area contributed by atoms with E-state index >= 15 is 0 Å². The van der Waals surface area contributed by atoms with Crippen LogP contribution < -0.4 is 4.74 Å². The second-order valence-corrected chi connectivity index (χ2v) is 5.80. The average Bonchev–Trinajstić information content (AvgIpc) is 3.14. The molecule has 0 atom stereocenters. The van der Waals surface area contributed by atoms with Crippen molar-refractivity contribution < 1.29 is 9.13 Å². The lowest BCUT2D eigenvalue weighted by atomic mass is 10.2. The van der Waals surface area contributed by atoms with Crippen LogP contribution in [0, 0.1) is 5.82 Å². The van der Waals surface area contributed by atoms with E-state index in [2.05, 4.69) is 20.1 Å². The van der Waals surface area contributed by atoms with Crippen LogP contribution >= 0.6 is 0 Å². The number of halogens is 1. The zero-order chi connectivity index (χ0) is 18.6.